The number of nitrogens with zero attached hydrogens (tertiary/aromatic N) is 1. The van der Waals surface area contributed by atoms with E-state index in [2.05, 4.69) is 21.3 Å². The number of carbonyl (C=O) groups is 6. The molecule has 15 nitrogen and oxygen atoms in total. The Labute approximate surface area is 320 Å². The van der Waals surface area contributed by atoms with Crippen molar-refractivity contribution in [2.45, 2.75) is 81.6 Å². The fourth-order valence-corrected chi connectivity index (χ4v) is 6.43. The third-order valence-corrected chi connectivity index (χ3v) is 9.38. The number of nitrogens with two attached hydrogens (primary N) is 2. The first-order chi connectivity index (χ1) is 26.4. The summed E-state index contributed by atoms with van der Waals surface area (Å²) < 4.78 is 0. The second-order valence-corrected chi connectivity index (χ2v) is 13.6. The van der Waals surface area contributed by atoms with Crippen LogP contribution in [-0.4, -0.2) is 100 Å². The Hall–Kier alpha value is -5.80. The number of benzene rings is 3. The summed E-state index contributed by atoms with van der Waals surface area (Å²) in [5.74, 6) is -4.22. The lowest BCUT2D eigenvalue weighted by molar-refractivity contribution is -0.142. The number of amides is 5. The molecule has 1 fully saturated rings. The van der Waals surface area contributed by atoms with E-state index < -0.39 is 72.3 Å². The summed E-state index contributed by atoms with van der Waals surface area (Å²) in [5, 5.41) is 29.6. The molecule has 10 N–H and O–H groups in total. The fourth-order valence-electron chi connectivity index (χ4n) is 6.43. The number of phenolic OH excluding ortho intramolecular Hbond substituents is 1. The van der Waals surface area contributed by atoms with Gasteiger partial charge in [-0.05, 0) is 61.1 Å². The largest absolute Gasteiger partial charge is 0.508 e. The van der Waals surface area contributed by atoms with Crippen molar-refractivity contribution in [2.75, 3.05) is 19.6 Å². The van der Waals surface area contributed by atoms with Gasteiger partial charge < -0.3 is 47.8 Å². The molecule has 0 spiro atoms. The van der Waals surface area contributed by atoms with Crippen LogP contribution in [0, 0.1) is 0 Å². The van der Waals surface area contributed by atoms with Crippen molar-refractivity contribution in [1.82, 2.24) is 26.2 Å². The lowest BCUT2D eigenvalue weighted by Gasteiger charge is -2.30. The molecular weight excluding hydrogens is 706 g/mol. The van der Waals surface area contributed by atoms with Gasteiger partial charge in [-0.2, -0.15) is 0 Å². The van der Waals surface area contributed by atoms with Gasteiger partial charge in [-0.15, -0.1) is 0 Å². The van der Waals surface area contributed by atoms with Gasteiger partial charge in [0.1, 0.15) is 36.5 Å². The van der Waals surface area contributed by atoms with Crippen molar-refractivity contribution in [3.63, 3.8) is 0 Å². The zero-order valence-electron chi connectivity index (χ0n) is 30.7. The van der Waals surface area contributed by atoms with Crippen LogP contribution in [0.2, 0.25) is 0 Å². The van der Waals surface area contributed by atoms with Crippen LogP contribution in [0.3, 0.4) is 0 Å². The van der Waals surface area contributed by atoms with Gasteiger partial charge in [-0.3, -0.25) is 28.8 Å². The average Bonchev–Trinajstić information content (AvgIpc) is 3.68. The number of rotatable bonds is 20. The number of phenols is 1. The summed E-state index contributed by atoms with van der Waals surface area (Å²) in [6.45, 7) is 0.0307. The standard InChI is InChI=1S/C40H51N7O8/c41-20-8-7-14-30(42)36(51)46-33(24-28-16-18-29(48)19-17-28)40(55)47-21-9-15-34(47)39(54)45-32(23-27-12-5-2-6-13-27)38(53)44-31(37(52)43-25-35(49)50)22-26-10-3-1-4-11-26/h1-6,10-13,16-19,30-34,48H,7-9,14-15,20-25,41-42H2,(H,43,52)(H,44,53)(H,45,54)(H,46,51)(H,49,50)/t30-,31-,32-,33-,34-/m0/s1. The molecule has 0 unspecified atom stereocenters. The third kappa shape index (κ3) is 13.2. The highest BCUT2D eigenvalue weighted by atomic mass is 16.4. The van der Waals surface area contributed by atoms with E-state index in [9.17, 15) is 33.9 Å². The maximum absolute atomic E-state index is 14.2. The molecule has 3 aromatic carbocycles. The molecule has 0 saturated carbocycles. The highest BCUT2D eigenvalue weighted by Crippen LogP contribution is 2.21. The molecule has 5 atom stereocenters. The van der Waals surface area contributed by atoms with Crippen LogP contribution in [0.5, 0.6) is 5.75 Å². The molecule has 15 heteroatoms. The van der Waals surface area contributed by atoms with E-state index in [4.69, 9.17) is 16.6 Å². The van der Waals surface area contributed by atoms with Crippen molar-refractivity contribution in [3.05, 3.63) is 102 Å². The van der Waals surface area contributed by atoms with Crippen molar-refractivity contribution in [1.29, 1.82) is 0 Å². The molecule has 1 saturated heterocycles. The minimum Gasteiger partial charge on any atom is -0.508 e. The molecule has 1 aliphatic rings. The van der Waals surface area contributed by atoms with Gasteiger partial charge in [0.2, 0.25) is 29.5 Å². The van der Waals surface area contributed by atoms with Gasteiger partial charge in [0.05, 0.1) is 6.04 Å². The normalized spacial score (nSPS) is 15.9. The van der Waals surface area contributed by atoms with E-state index in [0.29, 0.717) is 49.8 Å². The molecule has 0 radical (unpaired) electrons. The van der Waals surface area contributed by atoms with Crippen molar-refractivity contribution < 1.29 is 39.0 Å². The minimum absolute atomic E-state index is 0.0373. The number of nitrogens with one attached hydrogen (secondary N) is 4. The zero-order valence-corrected chi connectivity index (χ0v) is 30.7. The van der Waals surface area contributed by atoms with Crippen LogP contribution in [0.1, 0.15) is 48.8 Å². The van der Waals surface area contributed by atoms with Gasteiger partial charge in [0.15, 0.2) is 0 Å². The lowest BCUT2D eigenvalue weighted by Crippen LogP contribution is -2.59. The monoisotopic (exact) mass is 757 g/mol. The second-order valence-electron chi connectivity index (χ2n) is 13.6. The summed E-state index contributed by atoms with van der Waals surface area (Å²) in [6, 6.07) is 18.8. The van der Waals surface area contributed by atoms with Crippen LogP contribution in [0.25, 0.3) is 0 Å². The van der Waals surface area contributed by atoms with Crippen LogP contribution in [0.4, 0.5) is 0 Å². The van der Waals surface area contributed by atoms with E-state index >= 15 is 0 Å². The SMILES string of the molecule is NCCCC[C@H](N)C(=O)N[C@@H](Cc1ccc(O)cc1)C(=O)N1CCC[C@H]1C(=O)N[C@@H](Cc1ccccc1)C(=O)N[C@@H](Cc1ccccc1)C(=O)NCC(=O)O. The minimum atomic E-state index is -1.25. The number of carbonyl (C=O) groups excluding carboxylic acids is 5. The average molecular weight is 758 g/mol. The first-order valence-corrected chi connectivity index (χ1v) is 18.5. The van der Waals surface area contributed by atoms with Crippen molar-refractivity contribution >= 4 is 35.5 Å². The third-order valence-electron chi connectivity index (χ3n) is 9.38. The molecule has 294 valence electrons. The summed E-state index contributed by atoms with van der Waals surface area (Å²) in [7, 11) is 0. The lowest BCUT2D eigenvalue weighted by atomic mass is 10.0. The van der Waals surface area contributed by atoms with Crippen LogP contribution in [-0.2, 0) is 48.0 Å². The van der Waals surface area contributed by atoms with E-state index in [1.165, 1.54) is 17.0 Å². The highest BCUT2D eigenvalue weighted by molar-refractivity contribution is 5.96. The number of hydrogen-bond donors (Lipinski definition) is 8. The summed E-state index contributed by atoms with van der Waals surface area (Å²) in [5.41, 5.74) is 13.8. The maximum Gasteiger partial charge on any atom is 0.322 e. The number of carboxylic acids is 1. The quantitative estimate of drug-likeness (QED) is 0.0743. The van der Waals surface area contributed by atoms with E-state index in [-0.39, 0.29) is 31.6 Å². The summed E-state index contributed by atoms with van der Waals surface area (Å²) in [4.78, 5) is 81.2. The zero-order chi connectivity index (χ0) is 39.7. The van der Waals surface area contributed by atoms with Gasteiger partial charge >= 0.3 is 5.97 Å². The number of hydrogen-bond acceptors (Lipinski definition) is 9. The molecule has 1 aliphatic heterocycles. The van der Waals surface area contributed by atoms with E-state index in [1.807, 2.05) is 6.07 Å². The predicted octanol–water partition coefficient (Wildman–Crippen LogP) is 0.523. The Morgan fingerprint density at radius 3 is 1.84 bits per heavy atom. The fraction of sp³-hybridized carbons (Fsp3) is 0.400. The van der Waals surface area contributed by atoms with E-state index in [0.717, 1.165) is 5.56 Å². The number of carboxylic acid groups (broad SMARTS) is 1. The molecule has 0 aliphatic carbocycles. The summed E-state index contributed by atoms with van der Waals surface area (Å²) >= 11 is 0. The van der Waals surface area contributed by atoms with Crippen molar-refractivity contribution in [3.8, 4) is 5.75 Å². The van der Waals surface area contributed by atoms with Gasteiger partial charge in [-0.1, -0.05) is 79.2 Å². The summed E-state index contributed by atoms with van der Waals surface area (Å²) in [6.07, 6.45) is 2.65. The number of likely N-dealkylation sites (tertiary alicyclic amines) is 1. The second kappa shape index (κ2) is 21.2. The molecular formula is C40H51N7O8. The van der Waals surface area contributed by atoms with Crippen LogP contribution >= 0.6 is 0 Å². The smallest absolute Gasteiger partial charge is 0.322 e. The van der Waals surface area contributed by atoms with E-state index in [1.54, 1.807) is 66.7 Å². The molecule has 0 bridgehead atoms. The molecule has 3 aromatic rings. The topological polar surface area (TPSA) is 246 Å². The molecule has 5 amide bonds. The molecule has 4 rings (SSSR count). The molecule has 0 aromatic heterocycles. The highest BCUT2D eigenvalue weighted by Gasteiger charge is 2.39. The predicted molar refractivity (Wildman–Crippen MR) is 204 cm³/mol. The van der Waals surface area contributed by atoms with Crippen LogP contribution in [0.15, 0.2) is 84.9 Å². The Balaban J connectivity index is 1.55. The Kier molecular flexibility index (Phi) is 16.2. The number of aromatic hydroxyl groups is 1. The first kappa shape index (κ1) is 41.9. The number of aliphatic carboxylic acids is 1. The van der Waals surface area contributed by atoms with Crippen LogP contribution < -0.4 is 32.7 Å². The first-order valence-electron chi connectivity index (χ1n) is 18.5. The number of unbranched alkanes of at least 4 members (excludes halogenated alkanes) is 1. The van der Waals surface area contributed by atoms with Gasteiger partial charge in [0.25, 0.3) is 0 Å². The Morgan fingerprint density at radius 2 is 1.25 bits per heavy atom. The maximum atomic E-state index is 14.2. The molecule has 55 heavy (non-hydrogen) atoms. The van der Waals surface area contributed by atoms with Gasteiger partial charge in [0, 0.05) is 25.8 Å². The Morgan fingerprint density at radius 1 is 0.709 bits per heavy atom. The van der Waals surface area contributed by atoms with Gasteiger partial charge in [-0.25, -0.2) is 0 Å². The molecule has 1 heterocycles. The van der Waals surface area contributed by atoms with Crippen molar-refractivity contribution in [2.24, 2.45) is 11.5 Å². The Bertz CT molecular complexity index is 1740.